The van der Waals surface area contributed by atoms with Crippen molar-refractivity contribution in [1.82, 2.24) is 0 Å². The summed E-state index contributed by atoms with van der Waals surface area (Å²) >= 11 is 0. The summed E-state index contributed by atoms with van der Waals surface area (Å²) in [6.45, 7) is 0. The number of rotatable bonds is 5. The molecular weight excluding hydrogens is 687 g/mol. The van der Waals surface area contributed by atoms with Crippen molar-refractivity contribution in [2.45, 2.75) is 0 Å². The van der Waals surface area contributed by atoms with Gasteiger partial charge in [-0.3, -0.25) is 0 Å². The topological polar surface area (TPSA) is 3.24 Å². The Hall–Kier alpha value is -7.48. The molecule has 0 amide bonds. The Bertz CT molecular complexity index is 3350. The van der Waals surface area contributed by atoms with Crippen LogP contribution in [0, 0.1) is 0 Å². The molecule has 1 aliphatic carbocycles. The maximum atomic E-state index is 2.46. The van der Waals surface area contributed by atoms with Crippen LogP contribution in [0.1, 0.15) is 0 Å². The van der Waals surface area contributed by atoms with E-state index in [2.05, 4.69) is 217 Å². The number of hydrogen-bond acceptors (Lipinski definition) is 1. The first kappa shape index (κ1) is 31.8. The van der Waals surface area contributed by atoms with Gasteiger partial charge >= 0.3 is 0 Å². The van der Waals surface area contributed by atoms with Gasteiger partial charge in [0.25, 0.3) is 0 Å². The van der Waals surface area contributed by atoms with Crippen molar-refractivity contribution in [3.05, 3.63) is 212 Å². The lowest BCUT2D eigenvalue weighted by molar-refractivity contribution is 1.30. The molecule has 0 saturated carbocycles. The molecule has 0 unspecified atom stereocenters. The Kier molecular flexibility index (Phi) is 7.00. The van der Waals surface area contributed by atoms with E-state index in [0.717, 1.165) is 17.1 Å². The Morgan fingerprint density at radius 2 is 0.719 bits per heavy atom. The molecule has 11 aromatic carbocycles. The summed E-state index contributed by atoms with van der Waals surface area (Å²) in [6.07, 6.45) is 0. The summed E-state index contributed by atoms with van der Waals surface area (Å²) in [6, 6.07) is 78.3. The molecule has 1 aliphatic rings. The molecule has 0 aliphatic heterocycles. The fraction of sp³-hybridized carbons (Fsp3) is 0. The molecular formula is C56H35N. The Labute approximate surface area is 331 Å². The van der Waals surface area contributed by atoms with Gasteiger partial charge in [-0.2, -0.15) is 0 Å². The molecule has 0 N–H and O–H groups in total. The van der Waals surface area contributed by atoms with E-state index >= 15 is 0 Å². The highest BCUT2D eigenvalue weighted by Gasteiger charge is 2.26. The molecule has 0 heterocycles. The first-order valence-corrected chi connectivity index (χ1v) is 19.7. The second-order valence-electron chi connectivity index (χ2n) is 15.3. The third-order valence-electron chi connectivity index (χ3n) is 12.1. The van der Waals surface area contributed by atoms with Gasteiger partial charge in [0, 0.05) is 16.8 Å². The molecule has 0 aromatic heterocycles. The van der Waals surface area contributed by atoms with Crippen LogP contribution in [0.15, 0.2) is 212 Å². The number of nitrogens with zero attached hydrogens (tertiary/aromatic N) is 1. The van der Waals surface area contributed by atoms with E-state index in [1.54, 1.807) is 0 Å². The van der Waals surface area contributed by atoms with Crippen molar-refractivity contribution in [2.75, 3.05) is 4.90 Å². The van der Waals surface area contributed by atoms with Crippen molar-refractivity contribution in [3.63, 3.8) is 0 Å². The first-order chi connectivity index (χ1) is 28.2. The third-order valence-corrected chi connectivity index (χ3v) is 12.1. The highest BCUT2D eigenvalue weighted by molar-refractivity contribution is 6.26. The fourth-order valence-corrected chi connectivity index (χ4v) is 9.34. The van der Waals surface area contributed by atoms with Crippen molar-refractivity contribution in [2.24, 2.45) is 0 Å². The fourth-order valence-electron chi connectivity index (χ4n) is 9.34. The van der Waals surface area contributed by atoms with E-state index in [-0.39, 0.29) is 0 Å². The zero-order chi connectivity index (χ0) is 37.5. The van der Waals surface area contributed by atoms with Gasteiger partial charge in [0.1, 0.15) is 0 Å². The molecule has 0 atom stereocenters. The molecule has 1 nitrogen and oxygen atoms in total. The van der Waals surface area contributed by atoms with Crippen LogP contribution < -0.4 is 4.90 Å². The summed E-state index contributed by atoms with van der Waals surface area (Å²) in [4.78, 5) is 2.46. The van der Waals surface area contributed by atoms with Crippen LogP contribution in [0.5, 0.6) is 0 Å². The normalized spacial score (nSPS) is 11.9. The number of anilines is 3. The maximum Gasteiger partial charge on any atom is 0.0540 e. The van der Waals surface area contributed by atoms with Crippen LogP contribution in [0.3, 0.4) is 0 Å². The van der Waals surface area contributed by atoms with Crippen LogP contribution in [-0.4, -0.2) is 0 Å². The van der Waals surface area contributed by atoms with Gasteiger partial charge in [-0.25, -0.2) is 0 Å². The minimum atomic E-state index is 1.12. The second kappa shape index (κ2) is 12.5. The van der Waals surface area contributed by atoms with Crippen LogP contribution in [0.4, 0.5) is 17.1 Å². The van der Waals surface area contributed by atoms with E-state index in [4.69, 9.17) is 0 Å². The first-order valence-electron chi connectivity index (χ1n) is 19.7. The van der Waals surface area contributed by atoms with Gasteiger partial charge < -0.3 is 4.90 Å². The number of benzene rings is 11. The predicted octanol–water partition coefficient (Wildman–Crippen LogP) is 15.9. The zero-order valence-electron chi connectivity index (χ0n) is 31.2. The standard InChI is InChI=1S/C56H35N/c1-3-12-36(13-4-1)38-24-26-43(27-25-38)57(44-28-29-49-47-19-8-7-17-45(47)46-18-9-10-20-48(46)54(49)34-44)56-21-11-16-41-32-52-51-31-40-23-22-39(37-14-5-2-6-15-37)30-42(40)33-53(51)55(52)35-50(41)56/h1-35H. The summed E-state index contributed by atoms with van der Waals surface area (Å²) in [5.74, 6) is 0. The Morgan fingerprint density at radius 1 is 0.228 bits per heavy atom. The van der Waals surface area contributed by atoms with Crippen LogP contribution in [0.25, 0.3) is 98.4 Å². The predicted molar refractivity (Wildman–Crippen MR) is 244 cm³/mol. The highest BCUT2D eigenvalue weighted by Crippen LogP contribution is 2.52. The van der Waals surface area contributed by atoms with Crippen LogP contribution >= 0.6 is 0 Å². The Morgan fingerprint density at radius 3 is 1.39 bits per heavy atom. The van der Waals surface area contributed by atoms with Gasteiger partial charge in [0.05, 0.1) is 5.69 Å². The van der Waals surface area contributed by atoms with Gasteiger partial charge in [-0.1, -0.05) is 152 Å². The molecule has 1 heteroatoms. The summed E-state index contributed by atoms with van der Waals surface area (Å²) in [5.41, 5.74) is 13.6. The number of hydrogen-bond donors (Lipinski definition) is 0. The number of fused-ring (bicyclic) bond motifs is 12. The van der Waals surface area contributed by atoms with Crippen molar-refractivity contribution >= 4 is 70.9 Å². The maximum absolute atomic E-state index is 2.46. The molecule has 0 radical (unpaired) electrons. The smallest absolute Gasteiger partial charge is 0.0540 e. The second-order valence-corrected chi connectivity index (χ2v) is 15.3. The van der Waals surface area contributed by atoms with E-state index in [1.807, 2.05) is 0 Å². The average molecular weight is 722 g/mol. The van der Waals surface area contributed by atoms with Crippen molar-refractivity contribution in [3.8, 4) is 44.5 Å². The van der Waals surface area contributed by atoms with Gasteiger partial charge in [0.15, 0.2) is 0 Å². The Balaban J connectivity index is 1.05. The monoisotopic (exact) mass is 721 g/mol. The molecule has 0 fully saturated rings. The van der Waals surface area contributed by atoms with Crippen molar-refractivity contribution in [1.29, 1.82) is 0 Å². The molecule has 0 bridgehead atoms. The van der Waals surface area contributed by atoms with Crippen LogP contribution in [0.2, 0.25) is 0 Å². The molecule has 0 spiro atoms. The lowest BCUT2D eigenvalue weighted by Crippen LogP contribution is -2.11. The quantitative estimate of drug-likeness (QED) is 0.160. The van der Waals surface area contributed by atoms with Gasteiger partial charge in [-0.15, -0.1) is 0 Å². The lowest BCUT2D eigenvalue weighted by Gasteiger charge is -2.30. The summed E-state index contributed by atoms with van der Waals surface area (Å²) in [5, 5.41) is 12.7. The molecule has 57 heavy (non-hydrogen) atoms. The highest BCUT2D eigenvalue weighted by atomic mass is 15.1. The zero-order valence-corrected chi connectivity index (χ0v) is 31.2. The third kappa shape index (κ3) is 5.03. The molecule has 11 aromatic rings. The average Bonchev–Trinajstić information content (AvgIpc) is 3.29. The largest absolute Gasteiger partial charge is 0.310 e. The molecule has 0 saturated heterocycles. The molecule has 12 rings (SSSR count). The van der Waals surface area contributed by atoms with E-state index in [9.17, 15) is 0 Å². The summed E-state index contributed by atoms with van der Waals surface area (Å²) in [7, 11) is 0. The molecule has 264 valence electrons. The minimum absolute atomic E-state index is 1.12. The SMILES string of the molecule is c1ccc(-c2ccc(N(c3ccc4c5ccccc5c5ccccc5c4c3)c3cccc4cc5c(cc34)-c3cc4cc(-c6ccccc6)ccc4cc3-5)cc2)cc1. The van der Waals surface area contributed by atoms with Gasteiger partial charge in [-0.05, 0) is 154 Å². The van der Waals surface area contributed by atoms with Crippen molar-refractivity contribution < 1.29 is 0 Å². The van der Waals surface area contributed by atoms with Crippen LogP contribution in [-0.2, 0) is 0 Å². The van der Waals surface area contributed by atoms with E-state index < -0.39 is 0 Å². The lowest BCUT2D eigenvalue weighted by atomic mass is 9.77. The summed E-state index contributed by atoms with van der Waals surface area (Å²) < 4.78 is 0. The van der Waals surface area contributed by atoms with Gasteiger partial charge in [0.2, 0.25) is 0 Å². The minimum Gasteiger partial charge on any atom is -0.310 e. The van der Waals surface area contributed by atoms with E-state index in [1.165, 1.54) is 98.4 Å². The van der Waals surface area contributed by atoms with E-state index in [0.29, 0.717) is 0 Å².